The molecular formula is C13H20ClNS. The fourth-order valence-electron chi connectivity index (χ4n) is 2.50. The molecule has 1 nitrogen and oxygen atoms in total. The van der Waals surface area contributed by atoms with E-state index in [0.29, 0.717) is 0 Å². The van der Waals surface area contributed by atoms with Crippen molar-refractivity contribution in [2.24, 2.45) is 5.92 Å². The molecule has 2 rings (SSSR count). The minimum absolute atomic E-state index is 0.720. The normalized spacial score (nSPS) is 25.9. The largest absolute Gasteiger partial charge is 0.314 e. The first-order valence-corrected chi connectivity index (χ1v) is 7.50. The Kier molecular flexibility index (Phi) is 4.68. The van der Waals surface area contributed by atoms with Crippen molar-refractivity contribution in [3.05, 3.63) is 21.3 Å². The molecule has 3 heteroatoms. The number of halogens is 1. The molecule has 1 aromatic heterocycles. The van der Waals surface area contributed by atoms with Crippen molar-refractivity contribution in [1.29, 1.82) is 0 Å². The van der Waals surface area contributed by atoms with E-state index in [4.69, 9.17) is 11.6 Å². The van der Waals surface area contributed by atoms with Crippen LogP contribution in [0.1, 0.15) is 38.2 Å². The molecule has 0 aliphatic carbocycles. The van der Waals surface area contributed by atoms with Gasteiger partial charge < -0.3 is 5.32 Å². The standard InChI is InChI=1S/C13H20ClNS/c1-2-10-5-6-15-12(7-10)4-3-11-8-13(14)16-9-11/h8-10,12,15H,2-7H2,1H3. The Morgan fingerprint density at radius 2 is 2.44 bits per heavy atom. The Hall–Kier alpha value is -0.0500. The predicted octanol–water partition coefficient (Wildman–Crippen LogP) is 4.11. The van der Waals surface area contributed by atoms with Crippen LogP contribution in [0.4, 0.5) is 0 Å². The van der Waals surface area contributed by atoms with E-state index in [1.807, 2.05) is 0 Å². The number of hydrogen-bond donors (Lipinski definition) is 1. The summed E-state index contributed by atoms with van der Waals surface area (Å²) in [6.07, 6.45) is 6.47. The third kappa shape index (κ3) is 3.47. The zero-order valence-corrected chi connectivity index (χ0v) is 11.4. The number of nitrogens with one attached hydrogen (secondary N) is 1. The van der Waals surface area contributed by atoms with Gasteiger partial charge in [0.25, 0.3) is 0 Å². The number of piperidine rings is 1. The molecule has 2 unspecified atom stereocenters. The fourth-order valence-corrected chi connectivity index (χ4v) is 3.45. The van der Waals surface area contributed by atoms with Gasteiger partial charge in [-0.1, -0.05) is 24.9 Å². The van der Waals surface area contributed by atoms with Gasteiger partial charge in [0.15, 0.2) is 0 Å². The molecule has 1 aromatic rings. The molecule has 2 heterocycles. The molecule has 1 aliphatic heterocycles. The van der Waals surface area contributed by atoms with Crippen molar-refractivity contribution in [1.82, 2.24) is 5.32 Å². The van der Waals surface area contributed by atoms with E-state index in [2.05, 4.69) is 23.7 Å². The van der Waals surface area contributed by atoms with Gasteiger partial charge in [-0.25, -0.2) is 0 Å². The lowest BCUT2D eigenvalue weighted by molar-refractivity contribution is 0.285. The lowest BCUT2D eigenvalue weighted by Gasteiger charge is -2.29. The first kappa shape index (κ1) is 12.4. The molecule has 1 saturated heterocycles. The van der Waals surface area contributed by atoms with Crippen LogP contribution in [-0.4, -0.2) is 12.6 Å². The van der Waals surface area contributed by atoms with Crippen LogP contribution in [0, 0.1) is 5.92 Å². The van der Waals surface area contributed by atoms with Gasteiger partial charge in [-0.05, 0) is 55.2 Å². The van der Waals surface area contributed by atoms with Crippen LogP contribution in [0.15, 0.2) is 11.4 Å². The van der Waals surface area contributed by atoms with Gasteiger partial charge in [0, 0.05) is 6.04 Å². The average molecular weight is 258 g/mol. The molecule has 0 saturated carbocycles. The molecule has 2 atom stereocenters. The highest BCUT2D eigenvalue weighted by atomic mass is 35.5. The summed E-state index contributed by atoms with van der Waals surface area (Å²) in [5.41, 5.74) is 1.40. The molecule has 1 aliphatic rings. The van der Waals surface area contributed by atoms with Crippen LogP contribution in [0.2, 0.25) is 4.34 Å². The van der Waals surface area contributed by atoms with Crippen molar-refractivity contribution in [3.8, 4) is 0 Å². The molecule has 1 N–H and O–H groups in total. The molecule has 1 fully saturated rings. The number of rotatable bonds is 4. The summed E-state index contributed by atoms with van der Waals surface area (Å²) in [5.74, 6) is 0.942. The highest BCUT2D eigenvalue weighted by molar-refractivity contribution is 7.14. The SMILES string of the molecule is CCC1CCNC(CCc2csc(Cl)c2)C1. The minimum Gasteiger partial charge on any atom is -0.314 e. The monoisotopic (exact) mass is 257 g/mol. The highest BCUT2D eigenvalue weighted by Gasteiger charge is 2.19. The second-order valence-corrected chi connectivity index (χ2v) is 6.29. The Bertz CT molecular complexity index is 323. The zero-order chi connectivity index (χ0) is 11.4. The van der Waals surface area contributed by atoms with Crippen molar-refractivity contribution in [2.75, 3.05) is 6.54 Å². The Morgan fingerprint density at radius 3 is 3.12 bits per heavy atom. The van der Waals surface area contributed by atoms with E-state index in [1.54, 1.807) is 11.3 Å². The highest BCUT2D eigenvalue weighted by Crippen LogP contribution is 2.24. The minimum atomic E-state index is 0.720. The molecule has 0 radical (unpaired) electrons. The van der Waals surface area contributed by atoms with Gasteiger partial charge in [0.2, 0.25) is 0 Å². The Morgan fingerprint density at radius 1 is 1.56 bits per heavy atom. The second kappa shape index (κ2) is 6.04. The van der Waals surface area contributed by atoms with Crippen molar-refractivity contribution >= 4 is 22.9 Å². The molecule has 16 heavy (non-hydrogen) atoms. The van der Waals surface area contributed by atoms with Crippen LogP contribution < -0.4 is 5.32 Å². The molecule has 90 valence electrons. The summed E-state index contributed by atoms with van der Waals surface area (Å²) >= 11 is 7.57. The lowest BCUT2D eigenvalue weighted by atomic mass is 9.88. The van der Waals surface area contributed by atoms with Gasteiger partial charge in [0.1, 0.15) is 0 Å². The van der Waals surface area contributed by atoms with E-state index < -0.39 is 0 Å². The van der Waals surface area contributed by atoms with Gasteiger partial charge in [0.05, 0.1) is 4.34 Å². The summed E-state index contributed by atoms with van der Waals surface area (Å²) < 4.78 is 0.915. The second-order valence-electron chi connectivity index (χ2n) is 4.75. The molecule has 0 aromatic carbocycles. The summed E-state index contributed by atoms with van der Waals surface area (Å²) in [5, 5.41) is 5.81. The molecule has 0 amide bonds. The van der Waals surface area contributed by atoms with Crippen molar-refractivity contribution in [3.63, 3.8) is 0 Å². The van der Waals surface area contributed by atoms with Crippen LogP contribution in [0.25, 0.3) is 0 Å². The number of hydrogen-bond acceptors (Lipinski definition) is 2. The predicted molar refractivity (Wildman–Crippen MR) is 72.5 cm³/mol. The maximum atomic E-state index is 5.93. The summed E-state index contributed by atoms with van der Waals surface area (Å²) in [7, 11) is 0. The molecule has 0 spiro atoms. The first-order valence-electron chi connectivity index (χ1n) is 6.24. The van der Waals surface area contributed by atoms with Crippen LogP contribution >= 0.6 is 22.9 Å². The smallest absolute Gasteiger partial charge is 0.0931 e. The van der Waals surface area contributed by atoms with Crippen LogP contribution in [0.5, 0.6) is 0 Å². The van der Waals surface area contributed by atoms with Gasteiger partial charge in [-0.2, -0.15) is 0 Å². The summed E-state index contributed by atoms with van der Waals surface area (Å²) in [6.45, 7) is 3.51. The summed E-state index contributed by atoms with van der Waals surface area (Å²) in [4.78, 5) is 0. The van der Waals surface area contributed by atoms with Gasteiger partial charge in [-0.15, -0.1) is 11.3 Å². The van der Waals surface area contributed by atoms with Crippen LogP contribution in [0.3, 0.4) is 0 Å². The van der Waals surface area contributed by atoms with Crippen molar-refractivity contribution in [2.45, 2.75) is 45.1 Å². The third-order valence-corrected chi connectivity index (χ3v) is 4.72. The summed E-state index contributed by atoms with van der Waals surface area (Å²) in [6, 6.07) is 2.82. The maximum Gasteiger partial charge on any atom is 0.0931 e. The van der Waals surface area contributed by atoms with Gasteiger partial charge >= 0.3 is 0 Å². The molecule has 0 bridgehead atoms. The Balaban J connectivity index is 1.77. The Labute approximate surface area is 107 Å². The number of thiophene rings is 1. The van der Waals surface area contributed by atoms with E-state index >= 15 is 0 Å². The first-order chi connectivity index (χ1) is 7.78. The van der Waals surface area contributed by atoms with Crippen LogP contribution in [-0.2, 0) is 6.42 Å². The van der Waals surface area contributed by atoms with Crippen molar-refractivity contribution < 1.29 is 0 Å². The molecular weight excluding hydrogens is 238 g/mol. The average Bonchev–Trinajstić information content (AvgIpc) is 2.73. The lowest BCUT2D eigenvalue weighted by Crippen LogP contribution is -2.38. The van der Waals surface area contributed by atoms with E-state index in [-0.39, 0.29) is 0 Å². The quantitative estimate of drug-likeness (QED) is 0.856. The maximum absolute atomic E-state index is 5.93. The fraction of sp³-hybridized carbons (Fsp3) is 0.692. The zero-order valence-electron chi connectivity index (χ0n) is 9.84. The van der Waals surface area contributed by atoms with Gasteiger partial charge in [-0.3, -0.25) is 0 Å². The number of aryl methyl sites for hydroxylation is 1. The topological polar surface area (TPSA) is 12.0 Å². The van der Waals surface area contributed by atoms with E-state index in [1.165, 1.54) is 37.8 Å². The van der Waals surface area contributed by atoms with E-state index in [0.717, 1.165) is 22.7 Å². The third-order valence-electron chi connectivity index (χ3n) is 3.58. The van der Waals surface area contributed by atoms with E-state index in [9.17, 15) is 0 Å².